The average Bonchev–Trinajstić information content (AvgIpc) is 2.91. The summed E-state index contributed by atoms with van der Waals surface area (Å²) in [4.78, 5) is 22.3. The fraction of sp³-hybridized carbons (Fsp3) is 0.286. The van der Waals surface area contributed by atoms with Crippen molar-refractivity contribution in [1.82, 2.24) is 4.90 Å². The molecular weight excluding hydrogens is 536 g/mol. The van der Waals surface area contributed by atoms with Gasteiger partial charge >= 0.3 is 12.1 Å². The largest absolute Gasteiger partial charge is 0.481 e. The highest BCUT2D eigenvalue weighted by atomic mass is 35.5. The minimum absolute atomic E-state index is 0.204. The Morgan fingerprint density at radius 1 is 1.00 bits per heavy atom. The van der Waals surface area contributed by atoms with Crippen LogP contribution >= 0.6 is 11.6 Å². The summed E-state index contributed by atoms with van der Waals surface area (Å²) in [5, 5.41) is 10.6. The van der Waals surface area contributed by atoms with Crippen molar-refractivity contribution >= 4 is 40.6 Å². The Morgan fingerprint density at radius 2 is 1.69 bits per heavy atom. The fourth-order valence-corrected chi connectivity index (χ4v) is 5.27. The maximum Gasteiger partial charge on any atom is 0.416 e. The Balaban J connectivity index is 1.60. The van der Waals surface area contributed by atoms with E-state index < -0.39 is 35.5 Å². The molecule has 0 amide bonds. The number of piperazine rings is 1. The number of hydrogen-bond acceptors (Lipinski definition) is 5. The lowest BCUT2D eigenvalue weighted by Gasteiger charge is -2.46. The van der Waals surface area contributed by atoms with Gasteiger partial charge in [0.1, 0.15) is 5.82 Å². The van der Waals surface area contributed by atoms with Crippen molar-refractivity contribution < 1.29 is 27.5 Å². The van der Waals surface area contributed by atoms with Crippen LogP contribution in [0.15, 0.2) is 71.7 Å². The van der Waals surface area contributed by atoms with Gasteiger partial charge in [0.2, 0.25) is 5.96 Å². The molecule has 5 rings (SSSR count). The van der Waals surface area contributed by atoms with E-state index in [0.717, 1.165) is 17.8 Å². The number of fused-ring (bicyclic) bond motifs is 1. The van der Waals surface area contributed by atoms with Gasteiger partial charge in [0, 0.05) is 42.5 Å². The first-order valence-electron chi connectivity index (χ1n) is 12.4. The fourth-order valence-electron chi connectivity index (χ4n) is 5.08. The lowest BCUT2D eigenvalue weighted by molar-refractivity contribution is -0.142. The highest BCUT2D eigenvalue weighted by Crippen LogP contribution is 2.44. The van der Waals surface area contributed by atoms with Gasteiger partial charge in [-0.3, -0.25) is 4.79 Å². The summed E-state index contributed by atoms with van der Waals surface area (Å²) >= 11 is 6.15. The molecule has 11 heteroatoms. The monoisotopic (exact) mass is 560 g/mol. The maximum atomic E-state index is 15.4. The molecule has 0 radical (unpaired) electrons. The van der Waals surface area contributed by atoms with Crippen molar-refractivity contribution in [2.75, 3.05) is 36.0 Å². The molecule has 2 unspecified atom stereocenters. The zero-order chi connectivity index (χ0) is 27.9. The van der Waals surface area contributed by atoms with Crippen LogP contribution in [0.4, 0.5) is 34.6 Å². The number of hydrogen-bond donors (Lipinski definition) is 1. The number of carbonyl (C=O) groups is 1. The van der Waals surface area contributed by atoms with E-state index >= 15 is 4.39 Å². The van der Waals surface area contributed by atoms with Crippen LogP contribution < -0.4 is 9.80 Å². The first kappa shape index (κ1) is 26.8. The van der Waals surface area contributed by atoms with Gasteiger partial charge in [0.15, 0.2) is 0 Å². The Bertz CT molecular complexity index is 1420. The molecule has 0 aromatic heterocycles. The van der Waals surface area contributed by atoms with Crippen molar-refractivity contribution in [2.24, 2.45) is 10.9 Å². The number of carboxylic acid groups (broad SMARTS) is 1. The number of para-hydroxylation sites is 1. The summed E-state index contributed by atoms with van der Waals surface area (Å²) in [6, 6.07) is 15.4. The Kier molecular flexibility index (Phi) is 7.15. The van der Waals surface area contributed by atoms with Crippen LogP contribution in [0, 0.1) is 11.7 Å². The molecule has 1 fully saturated rings. The maximum absolute atomic E-state index is 15.4. The molecule has 0 bridgehead atoms. The molecular formula is C28H25ClF4N4O2. The van der Waals surface area contributed by atoms with Gasteiger partial charge in [-0.2, -0.15) is 13.2 Å². The topological polar surface area (TPSA) is 59.4 Å². The van der Waals surface area contributed by atoms with Gasteiger partial charge in [-0.25, -0.2) is 9.38 Å². The standard InChI is InChI=1S/C28H25ClF4N4O2/c1-17(26(38)39)25-21-7-2-3-8-23(21)34-27(37(25)24-15-18(28(31,32)33)9-10-22(24)30)36-13-11-35(12-14-36)20-6-4-5-19(29)16-20/h2-10,15-17,25H,11-14H2,1H3,(H,38,39). The van der Waals surface area contributed by atoms with Crippen LogP contribution in [-0.4, -0.2) is 48.1 Å². The Labute approximate surface area is 227 Å². The minimum atomic E-state index is -4.72. The first-order chi connectivity index (χ1) is 18.5. The highest BCUT2D eigenvalue weighted by molar-refractivity contribution is 6.30. The van der Waals surface area contributed by atoms with Crippen molar-refractivity contribution in [1.29, 1.82) is 0 Å². The molecule has 1 saturated heterocycles. The lowest BCUT2D eigenvalue weighted by Crippen LogP contribution is -2.56. The van der Waals surface area contributed by atoms with Crippen LogP contribution in [-0.2, 0) is 11.0 Å². The van der Waals surface area contributed by atoms with Crippen molar-refractivity contribution in [3.05, 3.63) is 88.7 Å². The summed E-state index contributed by atoms with van der Waals surface area (Å²) in [6.45, 7) is 3.37. The molecule has 6 nitrogen and oxygen atoms in total. The molecule has 2 atom stereocenters. The van der Waals surface area contributed by atoms with E-state index in [-0.39, 0.29) is 11.6 Å². The number of rotatable bonds is 4. The molecule has 3 aromatic rings. The van der Waals surface area contributed by atoms with Crippen LogP contribution in [0.2, 0.25) is 5.02 Å². The quantitative estimate of drug-likeness (QED) is 0.365. The minimum Gasteiger partial charge on any atom is -0.481 e. The molecule has 2 aliphatic heterocycles. The normalized spacial score (nSPS) is 18.5. The summed E-state index contributed by atoms with van der Waals surface area (Å²) in [5.74, 6) is -2.97. The Hall–Kier alpha value is -3.79. The number of benzene rings is 3. The van der Waals surface area contributed by atoms with E-state index in [1.807, 2.05) is 23.1 Å². The smallest absolute Gasteiger partial charge is 0.416 e. The summed E-state index contributed by atoms with van der Waals surface area (Å²) in [6.07, 6.45) is -4.72. The van der Waals surface area contributed by atoms with Crippen molar-refractivity contribution in [3.8, 4) is 0 Å². The third kappa shape index (κ3) is 5.25. The van der Waals surface area contributed by atoms with E-state index in [4.69, 9.17) is 16.6 Å². The molecule has 0 spiro atoms. The molecule has 2 heterocycles. The predicted octanol–water partition coefficient (Wildman–Crippen LogP) is 6.59. The van der Waals surface area contributed by atoms with Crippen LogP contribution in [0.1, 0.15) is 24.1 Å². The number of alkyl halides is 3. The molecule has 1 N–H and O–H groups in total. The molecule has 0 saturated carbocycles. The number of anilines is 2. The number of carboxylic acids is 1. The molecule has 0 aliphatic carbocycles. The second-order valence-corrected chi connectivity index (χ2v) is 9.97. The molecule has 2 aliphatic rings. The van der Waals surface area contributed by atoms with Gasteiger partial charge < -0.3 is 19.8 Å². The molecule has 3 aromatic carbocycles. The zero-order valence-corrected chi connectivity index (χ0v) is 21.6. The van der Waals surface area contributed by atoms with Crippen molar-refractivity contribution in [3.63, 3.8) is 0 Å². The number of nitrogens with zero attached hydrogens (tertiary/aromatic N) is 4. The molecule has 204 valence electrons. The van der Waals surface area contributed by atoms with Gasteiger partial charge in [0.05, 0.1) is 28.9 Å². The van der Waals surface area contributed by atoms with E-state index in [1.54, 1.807) is 30.3 Å². The van der Waals surface area contributed by atoms with Gasteiger partial charge in [0.25, 0.3) is 0 Å². The summed E-state index contributed by atoms with van der Waals surface area (Å²) < 4.78 is 56.4. The Morgan fingerprint density at radius 3 is 2.36 bits per heavy atom. The first-order valence-corrected chi connectivity index (χ1v) is 12.7. The van der Waals surface area contributed by atoms with Gasteiger partial charge in [-0.15, -0.1) is 0 Å². The van der Waals surface area contributed by atoms with Crippen LogP contribution in [0.25, 0.3) is 0 Å². The lowest BCUT2D eigenvalue weighted by atomic mass is 9.90. The van der Waals surface area contributed by atoms with E-state index in [9.17, 15) is 23.1 Å². The zero-order valence-electron chi connectivity index (χ0n) is 20.9. The number of aliphatic imine (C=N–C) groups is 1. The van der Waals surface area contributed by atoms with Crippen LogP contribution in [0.3, 0.4) is 0 Å². The van der Waals surface area contributed by atoms with Gasteiger partial charge in [-0.1, -0.05) is 35.9 Å². The van der Waals surface area contributed by atoms with Crippen molar-refractivity contribution in [2.45, 2.75) is 19.1 Å². The number of halogens is 5. The number of aliphatic carboxylic acids is 1. The van der Waals surface area contributed by atoms with Crippen LogP contribution in [0.5, 0.6) is 0 Å². The van der Waals surface area contributed by atoms with E-state index in [1.165, 1.54) is 11.8 Å². The third-order valence-electron chi connectivity index (χ3n) is 7.10. The predicted molar refractivity (Wildman–Crippen MR) is 142 cm³/mol. The molecule has 39 heavy (non-hydrogen) atoms. The summed E-state index contributed by atoms with van der Waals surface area (Å²) in [5.41, 5.74) is 0.492. The second kappa shape index (κ2) is 10.4. The second-order valence-electron chi connectivity index (χ2n) is 9.53. The SMILES string of the molecule is CC(C(=O)O)C1c2ccccc2N=C(N2CCN(c3cccc(Cl)c3)CC2)N1c1cc(C(F)(F)F)ccc1F. The average molecular weight is 561 g/mol. The summed E-state index contributed by atoms with van der Waals surface area (Å²) in [7, 11) is 0. The highest BCUT2D eigenvalue weighted by Gasteiger charge is 2.42. The van der Waals surface area contributed by atoms with E-state index in [2.05, 4.69) is 4.90 Å². The third-order valence-corrected chi connectivity index (χ3v) is 7.34. The van der Waals surface area contributed by atoms with Gasteiger partial charge in [-0.05, 0) is 49.4 Å². The number of guanidine groups is 1. The van der Waals surface area contributed by atoms with E-state index in [0.29, 0.717) is 48.5 Å².